The third kappa shape index (κ3) is 4.87. The van der Waals surface area contributed by atoms with Crippen LogP contribution in [0.25, 0.3) is 0 Å². The number of anilines is 2. The molecule has 0 spiro atoms. The van der Waals surface area contributed by atoms with Crippen molar-refractivity contribution in [3.05, 3.63) is 59.7 Å². The predicted octanol–water partition coefficient (Wildman–Crippen LogP) is 2.62. The monoisotopic (exact) mass is 393 g/mol. The van der Waals surface area contributed by atoms with Gasteiger partial charge in [0.2, 0.25) is 5.91 Å². The number of rotatable bonds is 4. The quantitative estimate of drug-likeness (QED) is 0.643. The lowest BCUT2D eigenvalue weighted by molar-refractivity contribution is -0.137. The highest BCUT2D eigenvalue weighted by molar-refractivity contribution is 6.05. The molecule has 1 aliphatic rings. The van der Waals surface area contributed by atoms with E-state index in [0.717, 1.165) is 12.1 Å². The molecule has 0 aromatic heterocycles. The predicted molar refractivity (Wildman–Crippen MR) is 96.9 cm³/mol. The van der Waals surface area contributed by atoms with Gasteiger partial charge in [-0.3, -0.25) is 9.59 Å². The fourth-order valence-electron chi connectivity index (χ4n) is 2.86. The Kier molecular flexibility index (Phi) is 5.66. The second-order valence-electron chi connectivity index (χ2n) is 6.45. The number of halogens is 3. The minimum absolute atomic E-state index is 0.0124. The maximum absolute atomic E-state index is 12.8. The van der Waals surface area contributed by atoms with Gasteiger partial charge >= 0.3 is 6.18 Å². The van der Waals surface area contributed by atoms with Crippen molar-refractivity contribution in [3.63, 3.8) is 0 Å². The summed E-state index contributed by atoms with van der Waals surface area (Å²) in [6, 6.07) is 9.84. The number of carbonyl (C=O) groups excluding carboxylic acids is 2. The first-order chi connectivity index (χ1) is 13.2. The molecule has 0 aliphatic carbocycles. The molecule has 1 aliphatic heterocycles. The first-order valence-electron chi connectivity index (χ1n) is 8.53. The third-order valence-electron chi connectivity index (χ3n) is 4.26. The Morgan fingerprint density at radius 3 is 2.36 bits per heavy atom. The molecule has 0 bridgehead atoms. The van der Waals surface area contributed by atoms with Crippen LogP contribution in [0, 0.1) is 0 Å². The van der Waals surface area contributed by atoms with Gasteiger partial charge in [-0.15, -0.1) is 0 Å². The molecule has 1 fully saturated rings. The van der Waals surface area contributed by atoms with E-state index < -0.39 is 29.8 Å². The van der Waals surface area contributed by atoms with Crippen molar-refractivity contribution in [1.29, 1.82) is 0 Å². The molecule has 1 saturated heterocycles. The molecule has 3 rings (SSSR count). The lowest BCUT2D eigenvalue weighted by atomic mass is 10.1. The van der Waals surface area contributed by atoms with E-state index in [4.69, 9.17) is 0 Å². The molecule has 148 valence electrons. The summed E-state index contributed by atoms with van der Waals surface area (Å²) in [4.78, 5) is 24.5. The zero-order valence-electron chi connectivity index (χ0n) is 14.6. The van der Waals surface area contributed by atoms with Crippen molar-refractivity contribution < 1.29 is 27.9 Å². The van der Waals surface area contributed by atoms with Crippen molar-refractivity contribution in [1.82, 2.24) is 5.32 Å². The van der Waals surface area contributed by atoms with Crippen molar-refractivity contribution >= 4 is 23.2 Å². The lowest BCUT2D eigenvalue weighted by Crippen LogP contribution is -2.35. The number of alkyl halides is 3. The van der Waals surface area contributed by atoms with Gasteiger partial charge in [-0.05, 0) is 42.8 Å². The summed E-state index contributed by atoms with van der Waals surface area (Å²) in [5.74, 6) is -0.947. The van der Waals surface area contributed by atoms with Crippen LogP contribution in [0.15, 0.2) is 48.5 Å². The number of β-amino-alcohol motifs (C(OH)–C–C–N with tert-alkyl or cyclic N) is 1. The molecule has 28 heavy (non-hydrogen) atoms. The Morgan fingerprint density at radius 2 is 1.71 bits per heavy atom. The summed E-state index contributed by atoms with van der Waals surface area (Å²) in [6.07, 6.45) is -4.80. The molecule has 1 heterocycles. The number of nitrogens with one attached hydrogen (secondary N) is 3. The number of hydrogen-bond donors (Lipinski definition) is 4. The highest BCUT2D eigenvalue weighted by Gasteiger charge is 2.30. The number of carbonyl (C=O) groups is 2. The number of aliphatic hydroxyl groups excluding tert-OH is 1. The highest BCUT2D eigenvalue weighted by atomic mass is 19.4. The largest absolute Gasteiger partial charge is 0.416 e. The van der Waals surface area contributed by atoms with E-state index in [2.05, 4.69) is 16.0 Å². The minimum Gasteiger partial charge on any atom is -0.392 e. The van der Waals surface area contributed by atoms with Gasteiger partial charge in [-0.25, -0.2) is 0 Å². The van der Waals surface area contributed by atoms with Gasteiger partial charge in [-0.1, -0.05) is 12.1 Å². The Bertz CT molecular complexity index is 886. The minimum atomic E-state index is -4.51. The summed E-state index contributed by atoms with van der Waals surface area (Å²) < 4.78 is 38.3. The average molecular weight is 393 g/mol. The maximum atomic E-state index is 12.8. The molecule has 4 N–H and O–H groups in total. The zero-order chi connectivity index (χ0) is 20.3. The Balaban J connectivity index is 1.68. The van der Waals surface area contributed by atoms with Gasteiger partial charge in [0.15, 0.2) is 0 Å². The summed E-state index contributed by atoms with van der Waals surface area (Å²) >= 11 is 0. The van der Waals surface area contributed by atoms with Crippen LogP contribution in [0.1, 0.15) is 22.3 Å². The molecule has 2 amide bonds. The van der Waals surface area contributed by atoms with Crippen LogP contribution in [0.5, 0.6) is 0 Å². The Hall–Kier alpha value is -2.91. The summed E-state index contributed by atoms with van der Waals surface area (Å²) in [6.45, 7) is 0.331. The van der Waals surface area contributed by atoms with Crippen LogP contribution < -0.4 is 16.0 Å². The van der Waals surface area contributed by atoms with E-state index in [9.17, 15) is 27.9 Å². The summed E-state index contributed by atoms with van der Waals surface area (Å²) in [5, 5.41) is 17.4. The van der Waals surface area contributed by atoms with Crippen molar-refractivity contribution in [2.45, 2.75) is 24.7 Å². The van der Waals surface area contributed by atoms with E-state index in [1.807, 2.05) is 0 Å². The Morgan fingerprint density at radius 1 is 1.04 bits per heavy atom. The van der Waals surface area contributed by atoms with Crippen molar-refractivity contribution in [2.75, 3.05) is 17.2 Å². The average Bonchev–Trinajstić information content (AvgIpc) is 3.08. The van der Waals surface area contributed by atoms with E-state index in [0.29, 0.717) is 18.7 Å². The smallest absolute Gasteiger partial charge is 0.392 e. The van der Waals surface area contributed by atoms with E-state index >= 15 is 0 Å². The molecule has 6 nitrogen and oxygen atoms in total. The first-order valence-corrected chi connectivity index (χ1v) is 8.53. The fourth-order valence-corrected chi connectivity index (χ4v) is 2.86. The Labute approximate surface area is 158 Å². The van der Waals surface area contributed by atoms with Gasteiger partial charge in [-0.2, -0.15) is 13.2 Å². The van der Waals surface area contributed by atoms with Crippen molar-refractivity contribution in [3.8, 4) is 0 Å². The molecule has 2 atom stereocenters. The number of amides is 2. The highest BCUT2D eigenvalue weighted by Crippen LogP contribution is 2.30. The summed E-state index contributed by atoms with van der Waals surface area (Å²) in [7, 11) is 0. The molecular formula is C19H18F3N3O3. The van der Waals surface area contributed by atoms with Crippen LogP contribution in [-0.2, 0) is 11.0 Å². The van der Waals surface area contributed by atoms with Crippen LogP contribution in [0.2, 0.25) is 0 Å². The molecule has 0 saturated carbocycles. The zero-order valence-corrected chi connectivity index (χ0v) is 14.6. The second-order valence-corrected chi connectivity index (χ2v) is 6.45. The topological polar surface area (TPSA) is 90.5 Å². The number of hydrogen-bond acceptors (Lipinski definition) is 4. The molecule has 2 aromatic rings. The molecule has 2 aromatic carbocycles. The molecule has 2 unspecified atom stereocenters. The summed E-state index contributed by atoms with van der Waals surface area (Å²) in [5.41, 5.74) is -0.310. The molecule has 9 heteroatoms. The first kappa shape index (κ1) is 19.8. The standard InChI is InChI=1S/C19H18F3N3O3/c20-19(21,22)12-4-2-6-14(8-12)24-17(27)11-3-1-5-13(7-11)25-18(28)16-9-15(26)10-23-16/h1-8,15-16,23,26H,9-10H2,(H,24,27)(H,25,28). The van der Waals surface area contributed by atoms with E-state index in [-0.39, 0.29) is 17.2 Å². The van der Waals surface area contributed by atoms with Gasteiger partial charge in [0.1, 0.15) is 0 Å². The van der Waals surface area contributed by atoms with Crippen LogP contribution in [0.4, 0.5) is 24.5 Å². The fraction of sp³-hybridized carbons (Fsp3) is 0.263. The number of aliphatic hydroxyl groups is 1. The third-order valence-corrected chi connectivity index (χ3v) is 4.26. The maximum Gasteiger partial charge on any atom is 0.416 e. The van der Waals surface area contributed by atoms with Crippen molar-refractivity contribution in [2.24, 2.45) is 0 Å². The number of benzene rings is 2. The molecular weight excluding hydrogens is 375 g/mol. The van der Waals surface area contributed by atoms with Gasteiger partial charge in [0, 0.05) is 23.5 Å². The normalized spacial score (nSPS) is 19.3. The van der Waals surface area contributed by atoms with Gasteiger partial charge in [0.05, 0.1) is 17.7 Å². The van der Waals surface area contributed by atoms with Crippen LogP contribution in [-0.4, -0.2) is 35.6 Å². The lowest BCUT2D eigenvalue weighted by Gasteiger charge is -2.12. The van der Waals surface area contributed by atoms with E-state index in [1.165, 1.54) is 24.3 Å². The molecule has 0 radical (unpaired) electrons. The SMILES string of the molecule is O=C(Nc1cccc(C(F)(F)F)c1)c1cccc(NC(=O)C2CC(O)CN2)c1. The van der Waals surface area contributed by atoms with Gasteiger partial charge in [0.25, 0.3) is 5.91 Å². The van der Waals surface area contributed by atoms with E-state index in [1.54, 1.807) is 12.1 Å². The second kappa shape index (κ2) is 7.99. The van der Waals surface area contributed by atoms with Crippen LogP contribution >= 0.6 is 0 Å². The van der Waals surface area contributed by atoms with Gasteiger partial charge < -0.3 is 21.1 Å². The van der Waals surface area contributed by atoms with Crippen LogP contribution in [0.3, 0.4) is 0 Å².